The van der Waals surface area contributed by atoms with Gasteiger partial charge in [0.1, 0.15) is 0 Å². The molecule has 3 heteroatoms. The van der Waals surface area contributed by atoms with Gasteiger partial charge in [-0.25, -0.2) is 0 Å². The van der Waals surface area contributed by atoms with Crippen LogP contribution >= 0.6 is 0 Å². The Morgan fingerprint density at radius 3 is 1.85 bits per heavy atom. The van der Waals surface area contributed by atoms with E-state index in [2.05, 4.69) is 34.9 Å². The van der Waals surface area contributed by atoms with Crippen molar-refractivity contribution in [1.82, 2.24) is 10.6 Å². The molecule has 102 valence electrons. The minimum absolute atomic E-state index is 0.0782. The summed E-state index contributed by atoms with van der Waals surface area (Å²) in [6.45, 7) is 1.56. The number of rotatable bonds is 4. The van der Waals surface area contributed by atoms with Crippen molar-refractivity contribution < 1.29 is 4.79 Å². The Balaban J connectivity index is 1.85. The number of carbonyl (C=O) groups excluding carboxylic acids is 1. The van der Waals surface area contributed by atoms with E-state index in [1.165, 1.54) is 0 Å². The predicted molar refractivity (Wildman–Crippen MR) is 79.2 cm³/mol. The normalized spacial score (nSPS) is 14.8. The van der Waals surface area contributed by atoms with Crippen molar-refractivity contribution in [1.29, 1.82) is 0 Å². The molecule has 0 aliphatic carbocycles. The van der Waals surface area contributed by atoms with E-state index in [0.29, 0.717) is 0 Å². The largest absolute Gasteiger partial charge is 0.345 e. The molecule has 0 atom stereocenters. The fourth-order valence-corrected chi connectivity index (χ4v) is 2.38. The maximum Gasteiger partial charge on any atom is 0.226 e. The van der Waals surface area contributed by atoms with Crippen molar-refractivity contribution in [3.63, 3.8) is 0 Å². The maximum atomic E-state index is 12.2. The number of hydrogen-bond acceptors (Lipinski definition) is 2. The van der Waals surface area contributed by atoms with Gasteiger partial charge in [0, 0.05) is 13.1 Å². The summed E-state index contributed by atoms with van der Waals surface area (Å²) in [5.74, 6) is 0.228. The molecule has 0 saturated carbocycles. The van der Waals surface area contributed by atoms with E-state index in [9.17, 15) is 4.79 Å². The summed E-state index contributed by atoms with van der Waals surface area (Å²) in [6.07, 6.45) is 0. The van der Waals surface area contributed by atoms with Crippen LogP contribution in [0.5, 0.6) is 0 Å². The summed E-state index contributed by atoms with van der Waals surface area (Å²) in [6, 6.07) is 20.1. The first-order valence-electron chi connectivity index (χ1n) is 6.95. The van der Waals surface area contributed by atoms with E-state index in [-0.39, 0.29) is 17.9 Å². The molecule has 1 aliphatic rings. The minimum Gasteiger partial charge on any atom is -0.345 e. The molecule has 1 fully saturated rings. The summed E-state index contributed by atoms with van der Waals surface area (Å²) >= 11 is 0. The van der Waals surface area contributed by atoms with Crippen LogP contribution in [-0.2, 0) is 4.79 Å². The number of amides is 1. The third-order valence-electron chi connectivity index (χ3n) is 3.70. The second-order valence-corrected chi connectivity index (χ2v) is 5.12. The SMILES string of the molecule is O=C(NC(c1ccccc1)c1ccccc1)C1CNC1. The lowest BCUT2D eigenvalue weighted by Gasteiger charge is -2.29. The lowest BCUT2D eigenvalue weighted by molar-refractivity contribution is -0.126. The fourth-order valence-electron chi connectivity index (χ4n) is 2.38. The topological polar surface area (TPSA) is 41.1 Å². The molecular weight excluding hydrogens is 248 g/mol. The highest BCUT2D eigenvalue weighted by Gasteiger charge is 2.27. The molecule has 0 unspecified atom stereocenters. The van der Waals surface area contributed by atoms with Crippen molar-refractivity contribution in [3.05, 3.63) is 71.8 Å². The lowest BCUT2D eigenvalue weighted by Crippen LogP contribution is -2.51. The molecule has 2 aromatic carbocycles. The van der Waals surface area contributed by atoms with Crippen molar-refractivity contribution in [3.8, 4) is 0 Å². The predicted octanol–water partition coefficient (Wildman–Crippen LogP) is 2.11. The van der Waals surface area contributed by atoms with Gasteiger partial charge in [0.25, 0.3) is 0 Å². The highest BCUT2D eigenvalue weighted by Crippen LogP contribution is 2.22. The van der Waals surface area contributed by atoms with Gasteiger partial charge in [-0.2, -0.15) is 0 Å². The molecule has 0 bridgehead atoms. The summed E-state index contributed by atoms with van der Waals surface area (Å²) in [5.41, 5.74) is 2.22. The Labute approximate surface area is 119 Å². The molecule has 0 spiro atoms. The lowest BCUT2D eigenvalue weighted by atomic mass is 9.96. The highest BCUT2D eigenvalue weighted by molar-refractivity contribution is 5.81. The van der Waals surface area contributed by atoms with Crippen LogP contribution in [-0.4, -0.2) is 19.0 Å². The van der Waals surface area contributed by atoms with Crippen molar-refractivity contribution in [2.24, 2.45) is 5.92 Å². The molecular formula is C17H18N2O. The first kappa shape index (κ1) is 12.9. The Morgan fingerprint density at radius 2 is 1.45 bits per heavy atom. The zero-order valence-electron chi connectivity index (χ0n) is 11.3. The Morgan fingerprint density at radius 1 is 0.950 bits per heavy atom. The van der Waals surface area contributed by atoms with Crippen LogP contribution in [0.25, 0.3) is 0 Å². The molecule has 0 radical (unpaired) electrons. The Bertz CT molecular complexity index is 525. The zero-order chi connectivity index (χ0) is 13.8. The van der Waals surface area contributed by atoms with Gasteiger partial charge >= 0.3 is 0 Å². The fraction of sp³-hybridized carbons (Fsp3) is 0.235. The molecule has 2 aromatic rings. The van der Waals surface area contributed by atoms with Crippen molar-refractivity contribution in [2.75, 3.05) is 13.1 Å². The van der Waals surface area contributed by atoms with Gasteiger partial charge in [-0.15, -0.1) is 0 Å². The van der Waals surface area contributed by atoms with Gasteiger partial charge in [0.05, 0.1) is 12.0 Å². The minimum atomic E-state index is -0.0782. The third kappa shape index (κ3) is 2.73. The molecule has 1 saturated heterocycles. The van der Waals surface area contributed by atoms with E-state index in [4.69, 9.17) is 0 Å². The van der Waals surface area contributed by atoms with E-state index in [1.54, 1.807) is 0 Å². The number of benzene rings is 2. The van der Waals surface area contributed by atoms with E-state index in [0.717, 1.165) is 24.2 Å². The Hall–Kier alpha value is -2.13. The second kappa shape index (κ2) is 5.88. The van der Waals surface area contributed by atoms with Gasteiger partial charge in [-0.05, 0) is 11.1 Å². The van der Waals surface area contributed by atoms with Crippen LogP contribution in [0.4, 0.5) is 0 Å². The summed E-state index contributed by atoms with van der Waals surface area (Å²) in [7, 11) is 0. The van der Waals surface area contributed by atoms with Gasteiger partial charge in [0.15, 0.2) is 0 Å². The van der Waals surface area contributed by atoms with Crippen molar-refractivity contribution >= 4 is 5.91 Å². The summed E-state index contributed by atoms with van der Waals surface area (Å²) in [5, 5.41) is 6.31. The van der Waals surface area contributed by atoms with Gasteiger partial charge < -0.3 is 10.6 Å². The smallest absolute Gasteiger partial charge is 0.226 e. The second-order valence-electron chi connectivity index (χ2n) is 5.12. The number of carbonyl (C=O) groups is 1. The van der Waals surface area contributed by atoms with Crippen molar-refractivity contribution in [2.45, 2.75) is 6.04 Å². The van der Waals surface area contributed by atoms with Gasteiger partial charge in [0.2, 0.25) is 5.91 Å². The van der Waals surface area contributed by atoms with Crippen LogP contribution in [0.1, 0.15) is 17.2 Å². The summed E-state index contributed by atoms with van der Waals surface area (Å²) < 4.78 is 0. The molecule has 0 aromatic heterocycles. The van der Waals surface area contributed by atoms with E-state index in [1.807, 2.05) is 36.4 Å². The van der Waals surface area contributed by atoms with E-state index < -0.39 is 0 Å². The molecule has 2 N–H and O–H groups in total. The number of hydrogen-bond donors (Lipinski definition) is 2. The van der Waals surface area contributed by atoms with Crippen LogP contribution < -0.4 is 10.6 Å². The average molecular weight is 266 g/mol. The molecule has 20 heavy (non-hydrogen) atoms. The van der Waals surface area contributed by atoms with Crippen LogP contribution in [0, 0.1) is 5.92 Å². The maximum absolute atomic E-state index is 12.2. The molecule has 1 aliphatic heterocycles. The Kier molecular flexibility index (Phi) is 3.79. The van der Waals surface area contributed by atoms with Gasteiger partial charge in [-0.1, -0.05) is 60.7 Å². The molecule has 1 amide bonds. The van der Waals surface area contributed by atoms with Crippen LogP contribution in [0.3, 0.4) is 0 Å². The molecule has 3 rings (SSSR count). The monoisotopic (exact) mass is 266 g/mol. The highest BCUT2D eigenvalue weighted by atomic mass is 16.2. The third-order valence-corrected chi connectivity index (χ3v) is 3.70. The molecule has 1 heterocycles. The first-order chi connectivity index (χ1) is 9.84. The summed E-state index contributed by atoms with van der Waals surface area (Å²) in [4.78, 5) is 12.2. The van der Waals surface area contributed by atoms with E-state index >= 15 is 0 Å². The average Bonchev–Trinajstić information content (AvgIpc) is 2.45. The zero-order valence-corrected chi connectivity index (χ0v) is 11.3. The first-order valence-corrected chi connectivity index (χ1v) is 6.95. The number of nitrogens with one attached hydrogen (secondary N) is 2. The van der Waals surface area contributed by atoms with Crippen LogP contribution in [0.2, 0.25) is 0 Å². The van der Waals surface area contributed by atoms with Gasteiger partial charge in [-0.3, -0.25) is 4.79 Å². The molecule has 3 nitrogen and oxygen atoms in total. The quantitative estimate of drug-likeness (QED) is 0.890. The van der Waals surface area contributed by atoms with Crippen LogP contribution in [0.15, 0.2) is 60.7 Å². The standard InChI is InChI=1S/C17H18N2O/c20-17(15-11-18-12-15)19-16(13-7-3-1-4-8-13)14-9-5-2-6-10-14/h1-10,15-16,18H,11-12H2,(H,19,20).